The van der Waals surface area contributed by atoms with E-state index in [4.69, 9.17) is 11.6 Å². The van der Waals surface area contributed by atoms with E-state index in [9.17, 15) is 5.11 Å². The van der Waals surface area contributed by atoms with Crippen LogP contribution in [0.1, 0.15) is 5.56 Å². The van der Waals surface area contributed by atoms with E-state index in [0.29, 0.717) is 10.6 Å². The summed E-state index contributed by atoms with van der Waals surface area (Å²) in [5.74, 6) is 0.156. The number of benzene rings is 1. The predicted octanol–water partition coefficient (Wildman–Crippen LogP) is 2.09. The van der Waals surface area contributed by atoms with Crippen LogP contribution >= 0.6 is 11.6 Å². The van der Waals surface area contributed by atoms with Crippen LogP contribution in [0.2, 0.25) is 5.02 Å². The summed E-state index contributed by atoms with van der Waals surface area (Å²) in [6.45, 7) is 0. The molecule has 0 aromatic heterocycles. The van der Waals surface area contributed by atoms with Crippen LogP contribution in [-0.4, -0.2) is 18.4 Å². The van der Waals surface area contributed by atoms with Crippen molar-refractivity contribution in [1.82, 2.24) is 0 Å². The van der Waals surface area contributed by atoms with Crippen LogP contribution < -0.4 is 0 Å². The molecule has 0 aliphatic carbocycles. The van der Waals surface area contributed by atoms with Gasteiger partial charge in [0, 0.05) is 13.3 Å². The zero-order valence-electron chi connectivity index (χ0n) is 6.08. The second-order valence-corrected chi connectivity index (χ2v) is 2.47. The highest BCUT2D eigenvalue weighted by atomic mass is 35.5. The second kappa shape index (κ2) is 3.39. The van der Waals surface area contributed by atoms with Crippen LogP contribution in [-0.2, 0) is 0 Å². The van der Waals surface area contributed by atoms with Crippen LogP contribution in [0, 0.1) is 0 Å². The molecule has 0 heterocycles. The number of hydrogen-bond donors (Lipinski definition) is 1. The standard InChI is InChI=1S/C8H8ClNO/c1-10-5-6-7(9)3-2-4-8(6)11/h2-5,11H,1H3. The summed E-state index contributed by atoms with van der Waals surface area (Å²) in [6.07, 6.45) is 1.53. The molecule has 0 atom stereocenters. The molecule has 1 aromatic rings. The Morgan fingerprint density at radius 2 is 2.27 bits per heavy atom. The molecule has 0 radical (unpaired) electrons. The molecule has 58 valence electrons. The summed E-state index contributed by atoms with van der Waals surface area (Å²) in [5, 5.41) is 9.76. The fourth-order valence-corrected chi connectivity index (χ4v) is 1.00. The molecule has 1 rings (SSSR count). The van der Waals surface area contributed by atoms with Crippen molar-refractivity contribution in [2.45, 2.75) is 0 Å². The van der Waals surface area contributed by atoms with Gasteiger partial charge in [0.2, 0.25) is 0 Å². The molecular formula is C8H8ClNO. The van der Waals surface area contributed by atoms with E-state index >= 15 is 0 Å². The molecule has 11 heavy (non-hydrogen) atoms. The molecule has 0 amide bonds. The minimum Gasteiger partial charge on any atom is -0.507 e. The third-order valence-corrected chi connectivity index (χ3v) is 1.62. The maximum absolute atomic E-state index is 9.25. The van der Waals surface area contributed by atoms with E-state index < -0.39 is 0 Å². The normalized spacial score (nSPS) is 10.7. The van der Waals surface area contributed by atoms with Crippen molar-refractivity contribution < 1.29 is 5.11 Å². The van der Waals surface area contributed by atoms with E-state index in [-0.39, 0.29) is 5.75 Å². The van der Waals surface area contributed by atoms with Crippen LogP contribution in [0.4, 0.5) is 0 Å². The third kappa shape index (κ3) is 1.71. The highest BCUT2D eigenvalue weighted by Gasteiger charge is 2.00. The molecule has 0 saturated carbocycles. The topological polar surface area (TPSA) is 32.6 Å². The number of halogens is 1. The molecule has 1 N–H and O–H groups in total. The largest absolute Gasteiger partial charge is 0.507 e. The Morgan fingerprint density at radius 3 is 2.82 bits per heavy atom. The van der Waals surface area contributed by atoms with Gasteiger partial charge in [-0.15, -0.1) is 0 Å². The van der Waals surface area contributed by atoms with Crippen molar-refractivity contribution in [3.8, 4) is 5.75 Å². The van der Waals surface area contributed by atoms with Crippen molar-refractivity contribution in [2.24, 2.45) is 4.99 Å². The van der Waals surface area contributed by atoms with Gasteiger partial charge < -0.3 is 5.11 Å². The number of phenolic OH excluding ortho intramolecular Hbond substituents is 1. The third-order valence-electron chi connectivity index (χ3n) is 1.29. The van der Waals surface area contributed by atoms with E-state index in [1.165, 1.54) is 6.21 Å². The zero-order valence-corrected chi connectivity index (χ0v) is 6.84. The van der Waals surface area contributed by atoms with Gasteiger partial charge in [0.15, 0.2) is 0 Å². The lowest BCUT2D eigenvalue weighted by Gasteiger charge is -1.98. The Balaban J connectivity index is 3.20. The molecule has 0 saturated heterocycles. The second-order valence-electron chi connectivity index (χ2n) is 2.06. The van der Waals surface area contributed by atoms with Gasteiger partial charge in [-0.2, -0.15) is 0 Å². The first kappa shape index (κ1) is 8.08. The lowest BCUT2D eigenvalue weighted by atomic mass is 10.2. The molecule has 0 unspecified atom stereocenters. The highest BCUT2D eigenvalue weighted by molar-refractivity contribution is 6.33. The van der Waals surface area contributed by atoms with E-state index in [0.717, 1.165) is 0 Å². The monoisotopic (exact) mass is 169 g/mol. The highest BCUT2D eigenvalue weighted by Crippen LogP contribution is 2.22. The molecule has 0 fully saturated rings. The first-order valence-corrected chi connectivity index (χ1v) is 3.53. The molecule has 3 heteroatoms. The summed E-state index contributed by atoms with van der Waals surface area (Å²) in [6, 6.07) is 4.96. The van der Waals surface area contributed by atoms with E-state index in [1.54, 1.807) is 25.2 Å². The number of rotatable bonds is 1. The number of aromatic hydroxyl groups is 1. The number of hydrogen-bond acceptors (Lipinski definition) is 2. The van der Waals surface area contributed by atoms with Gasteiger partial charge in [-0.25, -0.2) is 0 Å². The van der Waals surface area contributed by atoms with E-state index in [1.807, 2.05) is 0 Å². The van der Waals surface area contributed by atoms with Gasteiger partial charge in [0.1, 0.15) is 5.75 Å². The van der Waals surface area contributed by atoms with Crippen LogP contribution in [0.25, 0.3) is 0 Å². The minimum absolute atomic E-state index is 0.156. The summed E-state index contributed by atoms with van der Waals surface area (Å²) >= 11 is 5.76. The quantitative estimate of drug-likeness (QED) is 0.642. The maximum atomic E-state index is 9.25. The first-order valence-electron chi connectivity index (χ1n) is 3.15. The smallest absolute Gasteiger partial charge is 0.125 e. The van der Waals surface area contributed by atoms with Crippen molar-refractivity contribution in [3.63, 3.8) is 0 Å². The molecular weight excluding hydrogens is 162 g/mol. The average molecular weight is 170 g/mol. The first-order chi connectivity index (χ1) is 5.25. The Morgan fingerprint density at radius 1 is 1.55 bits per heavy atom. The zero-order chi connectivity index (χ0) is 8.27. The molecule has 0 aliphatic heterocycles. The van der Waals surface area contributed by atoms with Crippen LogP contribution in [0.15, 0.2) is 23.2 Å². The Bertz CT molecular complexity index is 263. The molecule has 0 aliphatic rings. The number of phenols is 1. The van der Waals surface area contributed by atoms with Crippen molar-refractivity contribution >= 4 is 17.8 Å². The van der Waals surface area contributed by atoms with Gasteiger partial charge in [-0.1, -0.05) is 17.7 Å². The summed E-state index contributed by atoms with van der Waals surface area (Å²) < 4.78 is 0. The van der Waals surface area contributed by atoms with Crippen LogP contribution in [0.5, 0.6) is 5.75 Å². The van der Waals surface area contributed by atoms with Gasteiger partial charge >= 0.3 is 0 Å². The fraction of sp³-hybridized carbons (Fsp3) is 0.125. The molecule has 0 bridgehead atoms. The molecule has 1 aromatic carbocycles. The average Bonchev–Trinajstić information content (AvgIpc) is 1.97. The van der Waals surface area contributed by atoms with Crippen molar-refractivity contribution in [3.05, 3.63) is 28.8 Å². The summed E-state index contributed by atoms with van der Waals surface area (Å²) in [4.78, 5) is 3.76. The number of nitrogens with zero attached hydrogens (tertiary/aromatic N) is 1. The van der Waals surface area contributed by atoms with Gasteiger partial charge in [0.05, 0.1) is 10.6 Å². The van der Waals surface area contributed by atoms with Gasteiger partial charge in [-0.05, 0) is 12.1 Å². The Kier molecular flexibility index (Phi) is 2.49. The predicted molar refractivity (Wildman–Crippen MR) is 46.6 cm³/mol. The molecule has 2 nitrogen and oxygen atoms in total. The van der Waals surface area contributed by atoms with Crippen molar-refractivity contribution in [2.75, 3.05) is 7.05 Å². The van der Waals surface area contributed by atoms with Crippen molar-refractivity contribution in [1.29, 1.82) is 0 Å². The fourth-order valence-electron chi connectivity index (χ4n) is 0.783. The number of aliphatic imine (C=N–C) groups is 1. The minimum atomic E-state index is 0.156. The Hall–Kier alpha value is -1.02. The SMILES string of the molecule is CN=Cc1c(O)cccc1Cl. The van der Waals surface area contributed by atoms with E-state index in [2.05, 4.69) is 4.99 Å². The Labute approximate surface area is 70.2 Å². The van der Waals surface area contributed by atoms with Crippen LogP contribution in [0.3, 0.4) is 0 Å². The maximum Gasteiger partial charge on any atom is 0.125 e. The van der Waals surface area contributed by atoms with Gasteiger partial charge in [0.25, 0.3) is 0 Å². The van der Waals surface area contributed by atoms with Gasteiger partial charge in [-0.3, -0.25) is 4.99 Å². The summed E-state index contributed by atoms with van der Waals surface area (Å²) in [5.41, 5.74) is 0.566. The lowest BCUT2D eigenvalue weighted by molar-refractivity contribution is 0.474. The molecule has 0 spiro atoms. The lowest BCUT2D eigenvalue weighted by Crippen LogP contribution is -1.83. The summed E-state index contributed by atoms with van der Waals surface area (Å²) in [7, 11) is 1.63.